The second kappa shape index (κ2) is 2.73. The Morgan fingerprint density at radius 3 is 2.75 bits per heavy atom. The fraction of sp³-hybridized carbons (Fsp3) is 0.556. The van der Waals surface area contributed by atoms with Crippen LogP contribution in [0.3, 0.4) is 0 Å². The lowest BCUT2D eigenvalue weighted by Crippen LogP contribution is -2.08. The molecule has 12 heavy (non-hydrogen) atoms. The third-order valence-corrected chi connectivity index (χ3v) is 2.41. The molecule has 1 aliphatic rings. The molecule has 3 heteroatoms. The van der Waals surface area contributed by atoms with Crippen LogP contribution in [0.2, 0.25) is 0 Å². The number of nitrogens with zero attached hydrogens (tertiary/aromatic N) is 1. The molecule has 1 aliphatic carbocycles. The Kier molecular flexibility index (Phi) is 1.71. The number of hydrogen-bond acceptors (Lipinski definition) is 3. The zero-order chi connectivity index (χ0) is 8.55. The molecule has 0 N–H and O–H groups in total. The Morgan fingerprint density at radius 2 is 2.33 bits per heavy atom. The highest BCUT2D eigenvalue weighted by molar-refractivity contribution is 5.71. The molecule has 0 bridgehead atoms. The van der Waals surface area contributed by atoms with Gasteiger partial charge in [0.1, 0.15) is 0 Å². The van der Waals surface area contributed by atoms with Gasteiger partial charge in [0, 0.05) is 5.92 Å². The van der Waals surface area contributed by atoms with Crippen LogP contribution < -0.4 is 0 Å². The lowest BCUT2D eigenvalue weighted by molar-refractivity contribution is 0.109. The number of carbonyl (C=O) groups is 1. The van der Waals surface area contributed by atoms with E-state index in [4.69, 9.17) is 4.42 Å². The number of carbonyl (C=O) groups excluding carboxylic acids is 1. The van der Waals surface area contributed by atoms with Crippen LogP contribution in [0.4, 0.5) is 0 Å². The lowest BCUT2D eigenvalue weighted by atomic mass is 9.85. The number of aldehydes is 1. The Bertz CT molecular complexity index is 299. The molecule has 0 saturated heterocycles. The summed E-state index contributed by atoms with van der Waals surface area (Å²) in [5.74, 6) is 1.61. The Balaban J connectivity index is 2.27. The maximum atomic E-state index is 10.4. The van der Waals surface area contributed by atoms with Crippen LogP contribution in [-0.2, 0) is 0 Å². The van der Waals surface area contributed by atoms with E-state index >= 15 is 0 Å². The zero-order valence-corrected chi connectivity index (χ0v) is 7.04. The highest BCUT2D eigenvalue weighted by Crippen LogP contribution is 2.36. The SMILES string of the molecule is Cc1nc(C2CCC2)oc1C=O. The quantitative estimate of drug-likeness (QED) is 0.630. The van der Waals surface area contributed by atoms with Gasteiger partial charge in [-0.3, -0.25) is 4.79 Å². The monoisotopic (exact) mass is 165 g/mol. The van der Waals surface area contributed by atoms with Gasteiger partial charge in [0.15, 0.2) is 17.9 Å². The van der Waals surface area contributed by atoms with Gasteiger partial charge in [-0.2, -0.15) is 0 Å². The summed E-state index contributed by atoms with van der Waals surface area (Å²) in [6.07, 6.45) is 4.28. The topological polar surface area (TPSA) is 43.1 Å². The summed E-state index contributed by atoms with van der Waals surface area (Å²) in [6, 6.07) is 0. The van der Waals surface area contributed by atoms with Crippen molar-refractivity contribution in [2.75, 3.05) is 0 Å². The Labute approximate surface area is 70.8 Å². The predicted molar refractivity (Wildman–Crippen MR) is 43.2 cm³/mol. The van der Waals surface area contributed by atoms with E-state index in [2.05, 4.69) is 4.98 Å². The molecule has 3 nitrogen and oxygen atoms in total. The molecule has 1 aromatic heterocycles. The van der Waals surface area contributed by atoms with E-state index in [0.29, 0.717) is 17.4 Å². The normalized spacial score (nSPS) is 17.4. The van der Waals surface area contributed by atoms with Gasteiger partial charge in [-0.1, -0.05) is 6.42 Å². The maximum absolute atomic E-state index is 10.4. The summed E-state index contributed by atoms with van der Waals surface area (Å²) in [5.41, 5.74) is 0.715. The average Bonchev–Trinajstić information content (AvgIpc) is 2.27. The summed E-state index contributed by atoms with van der Waals surface area (Å²) in [5, 5.41) is 0. The van der Waals surface area contributed by atoms with Crippen molar-refractivity contribution in [3.8, 4) is 0 Å². The summed E-state index contributed by atoms with van der Waals surface area (Å²) >= 11 is 0. The van der Waals surface area contributed by atoms with Gasteiger partial charge in [-0.15, -0.1) is 0 Å². The van der Waals surface area contributed by atoms with Gasteiger partial charge in [-0.05, 0) is 19.8 Å². The second-order valence-electron chi connectivity index (χ2n) is 3.25. The lowest BCUT2D eigenvalue weighted by Gasteiger charge is -2.21. The Hall–Kier alpha value is -1.12. The minimum absolute atomic E-state index is 0.386. The fourth-order valence-corrected chi connectivity index (χ4v) is 1.37. The first-order chi connectivity index (χ1) is 5.81. The molecule has 0 atom stereocenters. The molecule has 1 heterocycles. The smallest absolute Gasteiger partial charge is 0.198 e. The molecule has 0 unspecified atom stereocenters. The highest BCUT2D eigenvalue weighted by Gasteiger charge is 2.25. The summed E-state index contributed by atoms with van der Waals surface area (Å²) < 4.78 is 5.29. The molecule has 0 aromatic carbocycles. The zero-order valence-electron chi connectivity index (χ0n) is 7.04. The van der Waals surface area contributed by atoms with Crippen LogP contribution in [0.25, 0.3) is 0 Å². The number of oxazole rings is 1. The molecular formula is C9H11NO2. The number of rotatable bonds is 2. The molecule has 2 rings (SSSR count). The van der Waals surface area contributed by atoms with Gasteiger partial charge in [-0.25, -0.2) is 4.98 Å². The molecule has 0 amide bonds. The van der Waals surface area contributed by atoms with E-state index in [1.807, 2.05) is 0 Å². The van der Waals surface area contributed by atoms with Crippen molar-refractivity contribution in [2.24, 2.45) is 0 Å². The summed E-state index contributed by atoms with van der Waals surface area (Å²) in [4.78, 5) is 14.6. The van der Waals surface area contributed by atoms with Crippen LogP contribution in [0, 0.1) is 6.92 Å². The van der Waals surface area contributed by atoms with Crippen molar-refractivity contribution in [1.29, 1.82) is 0 Å². The van der Waals surface area contributed by atoms with Gasteiger partial charge in [0.05, 0.1) is 5.69 Å². The minimum atomic E-state index is 0.386. The first-order valence-electron chi connectivity index (χ1n) is 4.24. The van der Waals surface area contributed by atoms with Crippen molar-refractivity contribution < 1.29 is 9.21 Å². The van der Waals surface area contributed by atoms with E-state index in [1.54, 1.807) is 6.92 Å². The van der Waals surface area contributed by atoms with Gasteiger partial charge in [0.25, 0.3) is 0 Å². The van der Waals surface area contributed by atoms with Crippen LogP contribution in [0.1, 0.15) is 47.3 Å². The van der Waals surface area contributed by atoms with Gasteiger partial charge < -0.3 is 4.42 Å². The molecule has 0 spiro atoms. The molecular weight excluding hydrogens is 154 g/mol. The standard InChI is InChI=1S/C9H11NO2/c1-6-8(5-11)12-9(10-6)7-3-2-4-7/h5,7H,2-4H2,1H3. The van der Waals surface area contributed by atoms with Crippen LogP contribution in [0.15, 0.2) is 4.42 Å². The first-order valence-corrected chi connectivity index (χ1v) is 4.24. The summed E-state index contributed by atoms with van der Waals surface area (Å²) in [6.45, 7) is 1.80. The van der Waals surface area contributed by atoms with Crippen molar-refractivity contribution in [2.45, 2.75) is 32.1 Å². The third kappa shape index (κ3) is 1.05. The third-order valence-electron chi connectivity index (χ3n) is 2.41. The maximum Gasteiger partial charge on any atom is 0.198 e. The van der Waals surface area contributed by atoms with Crippen molar-refractivity contribution in [3.05, 3.63) is 17.3 Å². The molecule has 64 valence electrons. The number of aromatic nitrogens is 1. The van der Waals surface area contributed by atoms with Crippen molar-refractivity contribution in [3.63, 3.8) is 0 Å². The Morgan fingerprint density at radius 1 is 1.58 bits per heavy atom. The van der Waals surface area contributed by atoms with E-state index in [-0.39, 0.29) is 0 Å². The number of aryl methyl sites for hydroxylation is 1. The minimum Gasteiger partial charge on any atom is -0.437 e. The molecule has 1 aromatic rings. The fourth-order valence-electron chi connectivity index (χ4n) is 1.37. The van der Waals surface area contributed by atoms with Crippen LogP contribution in [-0.4, -0.2) is 11.3 Å². The van der Waals surface area contributed by atoms with Crippen molar-refractivity contribution in [1.82, 2.24) is 4.98 Å². The van der Waals surface area contributed by atoms with E-state index in [1.165, 1.54) is 6.42 Å². The van der Waals surface area contributed by atoms with E-state index in [0.717, 1.165) is 25.0 Å². The van der Waals surface area contributed by atoms with Gasteiger partial charge in [0.2, 0.25) is 0 Å². The molecule has 1 fully saturated rings. The largest absolute Gasteiger partial charge is 0.437 e. The molecule has 0 aliphatic heterocycles. The number of hydrogen-bond donors (Lipinski definition) is 0. The predicted octanol–water partition coefficient (Wildman–Crippen LogP) is 2.06. The second-order valence-corrected chi connectivity index (χ2v) is 3.25. The van der Waals surface area contributed by atoms with Crippen molar-refractivity contribution >= 4 is 6.29 Å². The van der Waals surface area contributed by atoms with E-state index in [9.17, 15) is 4.79 Å². The highest BCUT2D eigenvalue weighted by atomic mass is 16.4. The van der Waals surface area contributed by atoms with Crippen LogP contribution >= 0.6 is 0 Å². The van der Waals surface area contributed by atoms with E-state index < -0.39 is 0 Å². The molecule has 1 saturated carbocycles. The molecule has 0 radical (unpaired) electrons. The average molecular weight is 165 g/mol. The summed E-state index contributed by atoms with van der Waals surface area (Å²) in [7, 11) is 0. The first kappa shape index (κ1) is 7.53. The van der Waals surface area contributed by atoms with Crippen LogP contribution in [0.5, 0.6) is 0 Å². The van der Waals surface area contributed by atoms with Gasteiger partial charge >= 0.3 is 0 Å².